The third kappa shape index (κ3) is 5.19. The maximum absolute atomic E-state index is 15.2. The number of amides is 1. The lowest BCUT2D eigenvalue weighted by Gasteiger charge is -2.21. The molecule has 0 aliphatic heterocycles. The maximum atomic E-state index is 15.2. The Morgan fingerprint density at radius 2 is 1.67 bits per heavy atom. The molecule has 0 spiro atoms. The minimum atomic E-state index is -3.80. The van der Waals surface area contributed by atoms with Gasteiger partial charge in [-0.15, -0.1) is 0 Å². The molecule has 1 amide bonds. The van der Waals surface area contributed by atoms with Crippen LogP contribution in [-0.2, 0) is 10.0 Å². The van der Waals surface area contributed by atoms with Gasteiger partial charge in [-0.3, -0.25) is 9.10 Å². The van der Waals surface area contributed by atoms with Gasteiger partial charge in [0.05, 0.1) is 22.5 Å². The molecule has 9 nitrogen and oxygen atoms in total. The number of anilines is 1. The molecule has 0 unspecified atom stereocenters. The Morgan fingerprint density at radius 1 is 0.953 bits per heavy atom. The molecule has 0 bridgehead atoms. The van der Waals surface area contributed by atoms with Crippen LogP contribution >= 0.6 is 11.6 Å². The minimum absolute atomic E-state index is 0.0672. The van der Waals surface area contributed by atoms with E-state index in [1.165, 1.54) is 62.8 Å². The van der Waals surface area contributed by atoms with E-state index in [0.717, 1.165) is 10.6 Å². The first-order valence-corrected chi connectivity index (χ1v) is 14.9. The van der Waals surface area contributed by atoms with Crippen molar-refractivity contribution in [1.29, 1.82) is 0 Å². The van der Waals surface area contributed by atoms with Crippen LogP contribution in [0.15, 0.2) is 75.7 Å². The number of furan rings is 1. The van der Waals surface area contributed by atoms with Gasteiger partial charge in [-0.1, -0.05) is 11.6 Å². The Bertz CT molecular complexity index is 2180. The summed E-state index contributed by atoms with van der Waals surface area (Å²) in [5, 5.41) is 3.26. The van der Waals surface area contributed by atoms with Gasteiger partial charge < -0.3 is 14.2 Å². The summed E-state index contributed by atoms with van der Waals surface area (Å²) in [6.07, 6.45) is 2.42. The van der Waals surface area contributed by atoms with Crippen LogP contribution in [0.3, 0.4) is 0 Å². The number of aromatic nitrogens is 2. The lowest BCUT2D eigenvalue weighted by Crippen LogP contribution is -2.25. The number of benzene rings is 3. The van der Waals surface area contributed by atoms with Crippen molar-refractivity contribution < 1.29 is 30.8 Å². The first kappa shape index (κ1) is 28.3. The molecule has 3 aromatic carbocycles. The molecule has 13 heteroatoms. The molecule has 0 saturated carbocycles. The number of carbonyl (C=O) groups excluding carboxylic acids is 1. The van der Waals surface area contributed by atoms with Gasteiger partial charge in [0.1, 0.15) is 28.5 Å². The van der Waals surface area contributed by atoms with Gasteiger partial charge in [-0.25, -0.2) is 27.2 Å². The average molecular weight is 623 g/mol. The van der Waals surface area contributed by atoms with Crippen LogP contribution in [0.25, 0.3) is 56.1 Å². The number of nitrogens with zero attached hydrogens (tertiary/aromatic N) is 3. The summed E-state index contributed by atoms with van der Waals surface area (Å²) in [6.45, 7) is 0. The summed E-state index contributed by atoms with van der Waals surface area (Å²) in [7, 11) is -1.01. The lowest BCUT2D eigenvalue weighted by atomic mass is 9.97. The van der Waals surface area contributed by atoms with Crippen molar-refractivity contribution in [2.45, 2.75) is 0 Å². The first-order chi connectivity index (χ1) is 20.4. The molecule has 6 rings (SSSR count). The summed E-state index contributed by atoms with van der Waals surface area (Å²) < 4.78 is 67.1. The highest BCUT2D eigenvalue weighted by Crippen LogP contribution is 2.42. The van der Waals surface area contributed by atoms with Crippen molar-refractivity contribution in [3.63, 3.8) is 0 Å². The number of oxazole rings is 1. The Kier molecular flexibility index (Phi) is 6.90. The molecule has 218 valence electrons. The van der Waals surface area contributed by atoms with E-state index in [1.54, 1.807) is 18.2 Å². The molecule has 43 heavy (non-hydrogen) atoms. The highest BCUT2D eigenvalue weighted by Gasteiger charge is 2.26. The number of nitrogens with one attached hydrogen (secondary N) is 1. The molecule has 0 atom stereocenters. The van der Waals surface area contributed by atoms with Crippen LogP contribution in [0, 0.1) is 11.6 Å². The number of rotatable bonds is 6. The highest BCUT2D eigenvalue weighted by atomic mass is 35.5. The topological polar surface area (TPSA) is 119 Å². The van der Waals surface area contributed by atoms with Crippen LogP contribution in [-0.4, -0.2) is 44.6 Å². The summed E-state index contributed by atoms with van der Waals surface area (Å²) in [4.78, 5) is 21.6. The molecular formula is C30H21ClF2N4O5S. The molecule has 0 fully saturated rings. The Morgan fingerprint density at radius 3 is 2.37 bits per heavy atom. The SMILES string of the molecule is CNC(=O)c1c(-c2ccc(F)cc2)oc2cc(N(C)S(C)(=O)=O)c(-c3cc(F)cc(-c4nc5cc(Cl)cnc5o4)c3)cc12. The van der Waals surface area contributed by atoms with Crippen LogP contribution in [0.2, 0.25) is 5.02 Å². The van der Waals surface area contributed by atoms with Crippen molar-refractivity contribution in [2.75, 3.05) is 24.7 Å². The third-order valence-electron chi connectivity index (χ3n) is 6.87. The fourth-order valence-corrected chi connectivity index (χ4v) is 5.41. The second-order valence-corrected chi connectivity index (χ2v) is 12.2. The number of halogens is 3. The number of fused-ring (bicyclic) bond motifs is 2. The van der Waals surface area contributed by atoms with Gasteiger partial charge in [0.2, 0.25) is 21.6 Å². The summed E-state index contributed by atoms with van der Waals surface area (Å²) in [6, 6.07) is 14.0. The average Bonchev–Trinajstić information content (AvgIpc) is 3.56. The van der Waals surface area contributed by atoms with Gasteiger partial charge in [-0.05, 0) is 60.2 Å². The smallest absolute Gasteiger partial charge is 0.255 e. The van der Waals surface area contributed by atoms with Crippen molar-refractivity contribution in [1.82, 2.24) is 15.3 Å². The van der Waals surface area contributed by atoms with Crippen LogP contribution in [0.1, 0.15) is 10.4 Å². The summed E-state index contributed by atoms with van der Waals surface area (Å²) in [5.41, 5.74) is 2.26. The van der Waals surface area contributed by atoms with Crippen molar-refractivity contribution in [3.8, 4) is 33.9 Å². The molecule has 6 aromatic rings. The normalized spacial score (nSPS) is 11.8. The van der Waals surface area contributed by atoms with E-state index in [9.17, 15) is 17.6 Å². The van der Waals surface area contributed by atoms with Gasteiger partial charge >= 0.3 is 0 Å². The predicted molar refractivity (Wildman–Crippen MR) is 159 cm³/mol. The van der Waals surface area contributed by atoms with Crippen LogP contribution < -0.4 is 9.62 Å². The predicted octanol–water partition coefficient (Wildman–Crippen LogP) is 6.66. The van der Waals surface area contributed by atoms with Crippen molar-refractivity contribution in [3.05, 3.63) is 89.1 Å². The molecule has 1 N–H and O–H groups in total. The maximum Gasteiger partial charge on any atom is 0.255 e. The molecule has 0 saturated heterocycles. The van der Waals surface area contributed by atoms with Crippen molar-refractivity contribution >= 4 is 55.4 Å². The van der Waals surface area contributed by atoms with E-state index in [0.29, 0.717) is 21.5 Å². The summed E-state index contributed by atoms with van der Waals surface area (Å²) >= 11 is 6.02. The van der Waals surface area contributed by atoms with E-state index in [-0.39, 0.29) is 50.9 Å². The van der Waals surface area contributed by atoms with Crippen LogP contribution in [0.5, 0.6) is 0 Å². The minimum Gasteiger partial charge on any atom is -0.455 e. The number of pyridine rings is 1. The van der Waals surface area contributed by atoms with Crippen LogP contribution in [0.4, 0.5) is 14.5 Å². The lowest BCUT2D eigenvalue weighted by molar-refractivity contribution is 0.0964. The molecule has 3 heterocycles. The van der Waals surface area contributed by atoms with E-state index in [1.807, 2.05) is 0 Å². The fourth-order valence-electron chi connectivity index (χ4n) is 4.75. The summed E-state index contributed by atoms with van der Waals surface area (Å²) in [5.74, 6) is -1.40. The van der Waals surface area contributed by atoms with Crippen molar-refractivity contribution in [2.24, 2.45) is 0 Å². The number of hydrogen-bond acceptors (Lipinski definition) is 7. The Hall–Kier alpha value is -4.81. The number of carbonyl (C=O) groups is 1. The Labute approximate surface area is 248 Å². The second kappa shape index (κ2) is 10.5. The van der Waals surface area contributed by atoms with E-state index >= 15 is 4.39 Å². The zero-order valence-electron chi connectivity index (χ0n) is 22.8. The number of hydrogen-bond donors (Lipinski definition) is 1. The molecule has 0 radical (unpaired) electrons. The standard InChI is InChI=1S/C30H21ClF2N4O5S/c1-34-28(38)26-22-12-21(16-8-17(10-20(33)9-16)29-36-23-11-18(31)14-35-30(23)42-29)24(37(2)43(3,39)40)13-25(22)41-27(26)15-4-6-19(32)7-5-15/h4-14H,1-3H3,(H,34,38). The van der Waals surface area contributed by atoms with Gasteiger partial charge in [0.15, 0.2) is 0 Å². The Balaban J connectivity index is 1.62. The fraction of sp³-hybridized carbons (Fsp3) is 0.100. The van der Waals surface area contributed by atoms with Gasteiger partial charge in [0.25, 0.3) is 5.91 Å². The van der Waals surface area contributed by atoms with E-state index in [4.69, 9.17) is 20.4 Å². The molecule has 0 aliphatic rings. The third-order valence-corrected chi connectivity index (χ3v) is 8.27. The largest absolute Gasteiger partial charge is 0.455 e. The zero-order valence-corrected chi connectivity index (χ0v) is 24.3. The molecule has 0 aliphatic carbocycles. The zero-order chi connectivity index (χ0) is 30.6. The van der Waals surface area contributed by atoms with Gasteiger partial charge in [-0.2, -0.15) is 0 Å². The monoisotopic (exact) mass is 622 g/mol. The molecular weight excluding hydrogens is 602 g/mol. The van der Waals surface area contributed by atoms with E-state index in [2.05, 4.69) is 15.3 Å². The quantitative estimate of drug-likeness (QED) is 0.221. The molecule has 3 aromatic heterocycles. The van der Waals surface area contributed by atoms with Gasteiger partial charge in [0, 0.05) is 48.4 Å². The second-order valence-electron chi connectivity index (χ2n) is 9.71. The first-order valence-electron chi connectivity index (χ1n) is 12.7. The van der Waals surface area contributed by atoms with E-state index < -0.39 is 27.6 Å². The highest BCUT2D eigenvalue weighted by molar-refractivity contribution is 7.92. The number of sulfonamides is 1.